The lowest BCUT2D eigenvalue weighted by molar-refractivity contribution is 0.685. The molecule has 0 bridgehead atoms. The van der Waals surface area contributed by atoms with Crippen LogP contribution in [0.15, 0.2) is 42.5 Å². The first-order chi connectivity index (χ1) is 9.40. The Morgan fingerprint density at radius 2 is 1.68 bits per heavy atom. The Hall–Kier alpha value is -2.02. The van der Waals surface area contributed by atoms with E-state index in [-0.39, 0.29) is 0 Å². The SMILES string of the molecule is C1=C(c2ccc3c(c2)CCCC3)[N]c2ccccc21. The summed E-state index contributed by atoms with van der Waals surface area (Å²) in [6.45, 7) is 0. The second-order valence-corrected chi connectivity index (χ2v) is 5.39. The number of para-hydroxylation sites is 1. The van der Waals surface area contributed by atoms with Crippen LogP contribution in [0.25, 0.3) is 11.8 Å². The third kappa shape index (κ3) is 1.86. The smallest absolute Gasteiger partial charge is 0.0716 e. The summed E-state index contributed by atoms with van der Waals surface area (Å²) in [5.41, 5.74) is 7.75. The van der Waals surface area contributed by atoms with E-state index in [9.17, 15) is 0 Å². The number of rotatable bonds is 1. The monoisotopic (exact) mass is 246 g/mol. The Morgan fingerprint density at radius 3 is 2.58 bits per heavy atom. The van der Waals surface area contributed by atoms with E-state index in [1.807, 2.05) is 6.07 Å². The van der Waals surface area contributed by atoms with Crippen molar-refractivity contribution in [3.8, 4) is 0 Å². The number of aryl methyl sites for hydroxylation is 2. The lowest BCUT2D eigenvalue weighted by Crippen LogP contribution is -2.03. The number of hydrogen-bond donors (Lipinski definition) is 0. The Morgan fingerprint density at radius 1 is 0.842 bits per heavy atom. The van der Waals surface area contributed by atoms with Gasteiger partial charge in [-0.2, -0.15) is 0 Å². The van der Waals surface area contributed by atoms with E-state index in [2.05, 4.69) is 42.5 Å². The van der Waals surface area contributed by atoms with Crippen molar-refractivity contribution in [2.24, 2.45) is 0 Å². The van der Waals surface area contributed by atoms with Gasteiger partial charge in [0, 0.05) is 11.1 Å². The summed E-state index contributed by atoms with van der Waals surface area (Å²) >= 11 is 0. The van der Waals surface area contributed by atoms with Crippen LogP contribution in [0.1, 0.15) is 35.1 Å². The summed E-state index contributed by atoms with van der Waals surface area (Å²) in [5, 5.41) is 4.73. The fraction of sp³-hybridized carbons (Fsp3) is 0.222. The van der Waals surface area contributed by atoms with Crippen LogP contribution in [0.2, 0.25) is 0 Å². The zero-order valence-electron chi connectivity index (χ0n) is 10.9. The lowest BCUT2D eigenvalue weighted by atomic mass is 9.90. The molecule has 1 aliphatic carbocycles. The number of fused-ring (bicyclic) bond motifs is 2. The molecule has 0 N–H and O–H groups in total. The third-order valence-electron chi connectivity index (χ3n) is 4.11. The summed E-state index contributed by atoms with van der Waals surface area (Å²) < 4.78 is 0. The van der Waals surface area contributed by atoms with Crippen molar-refractivity contribution in [2.45, 2.75) is 25.7 Å². The minimum Gasteiger partial charge on any atom is -0.248 e. The molecule has 2 aromatic carbocycles. The summed E-state index contributed by atoms with van der Waals surface area (Å²) in [6.07, 6.45) is 7.33. The van der Waals surface area contributed by atoms with Crippen LogP contribution in [0.5, 0.6) is 0 Å². The molecule has 19 heavy (non-hydrogen) atoms. The molecule has 0 atom stereocenters. The summed E-state index contributed by atoms with van der Waals surface area (Å²) in [6, 6.07) is 15.2. The first-order valence-corrected chi connectivity index (χ1v) is 7.05. The topological polar surface area (TPSA) is 14.1 Å². The fourth-order valence-corrected chi connectivity index (χ4v) is 3.06. The van der Waals surface area contributed by atoms with Crippen molar-refractivity contribution in [2.75, 3.05) is 0 Å². The standard InChI is InChI=1S/C18H16N/c1-2-6-14-11-16(10-9-13(14)5-1)18-12-15-7-3-4-8-17(15)19-18/h3-4,7-12H,1-2,5-6H2. The summed E-state index contributed by atoms with van der Waals surface area (Å²) in [4.78, 5) is 0. The average Bonchev–Trinajstić information content (AvgIpc) is 2.90. The molecule has 93 valence electrons. The molecule has 4 rings (SSSR count). The van der Waals surface area contributed by atoms with Gasteiger partial charge in [0.15, 0.2) is 0 Å². The van der Waals surface area contributed by atoms with Crippen LogP contribution >= 0.6 is 0 Å². The van der Waals surface area contributed by atoms with Gasteiger partial charge in [-0.05, 0) is 55.0 Å². The molecule has 2 aromatic rings. The molecular weight excluding hydrogens is 230 g/mol. The van der Waals surface area contributed by atoms with Crippen LogP contribution in [-0.4, -0.2) is 0 Å². The minimum atomic E-state index is 1.09. The predicted molar refractivity (Wildman–Crippen MR) is 79.2 cm³/mol. The quantitative estimate of drug-likeness (QED) is 0.711. The van der Waals surface area contributed by atoms with Crippen LogP contribution < -0.4 is 5.32 Å². The van der Waals surface area contributed by atoms with Gasteiger partial charge < -0.3 is 0 Å². The Kier molecular flexibility index (Phi) is 2.44. The van der Waals surface area contributed by atoms with Gasteiger partial charge in [0.1, 0.15) is 0 Å². The highest BCUT2D eigenvalue weighted by molar-refractivity contribution is 5.91. The summed E-state index contributed by atoms with van der Waals surface area (Å²) in [7, 11) is 0. The second-order valence-electron chi connectivity index (χ2n) is 5.39. The molecule has 0 saturated carbocycles. The van der Waals surface area contributed by atoms with Gasteiger partial charge in [-0.15, -0.1) is 0 Å². The van der Waals surface area contributed by atoms with Gasteiger partial charge >= 0.3 is 0 Å². The van der Waals surface area contributed by atoms with Gasteiger partial charge in [-0.25, -0.2) is 5.32 Å². The van der Waals surface area contributed by atoms with Gasteiger partial charge in [-0.1, -0.05) is 30.3 Å². The van der Waals surface area contributed by atoms with Gasteiger partial charge in [-0.3, -0.25) is 0 Å². The molecule has 0 saturated heterocycles. The van der Waals surface area contributed by atoms with Crippen molar-refractivity contribution in [1.82, 2.24) is 5.32 Å². The Balaban J connectivity index is 1.71. The van der Waals surface area contributed by atoms with E-state index in [1.165, 1.54) is 47.9 Å². The maximum Gasteiger partial charge on any atom is 0.0716 e. The van der Waals surface area contributed by atoms with Crippen LogP contribution in [0.4, 0.5) is 5.69 Å². The number of nitrogens with zero attached hydrogens (tertiary/aromatic N) is 1. The zero-order chi connectivity index (χ0) is 12.7. The van der Waals surface area contributed by atoms with E-state index in [0.717, 1.165) is 11.4 Å². The van der Waals surface area contributed by atoms with E-state index in [1.54, 1.807) is 0 Å². The van der Waals surface area contributed by atoms with Crippen molar-refractivity contribution in [1.29, 1.82) is 0 Å². The van der Waals surface area contributed by atoms with Crippen LogP contribution in [0.3, 0.4) is 0 Å². The van der Waals surface area contributed by atoms with E-state index < -0.39 is 0 Å². The normalized spacial score (nSPS) is 16.3. The molecule has 0 spiro atoms. The zero-order valence-corrected chi connectivity index (χ0v) is 10.9. The van der Waals surface area contributed by atoms with Gasteiger partial charge in [0.25, 0.3) is 0 Å². The minimum absolute atomic E-state index is 1.09. The lowest BCUT2D eigenvalue weighted by Gasteiger charge is -2.16. The molecule has 0 amide bonds. The largest absolute Gasteiger partial charge is 0.248 e. The molecule has 1 radical (unpaired) electrons. The molecular formula is C18H16N. The number of hydrogen-bond acceptors (Lipinski definition) is 0. The maximum absolute atomic E-state index is 4.73. The average molecular weight is 246 g/mol. The molecule has 2 aliphatic rings. The summed E-state index contributed by atoms with van der Waals surface area (Å²) in [5.74, 6) is 0. The fourth-order valence-electron chi connectivity index (χ4n) is 3.06. The van der Waals surface area contributed by atoms with Gasteiger partial charge in [0.2, 0.25) is 0 Å². The molecule has 1 nitrogen and oxygen atoms in total. The molecule has 1 aliphatic heterocycles. The van der Waals surface area contributed by atoms with Crippen LogP contribution in [0, 0.1) is 0 Å². The van der Waals surface area contributed by atoms with Crippen molar-refractivity contribution in [3.05, 3.63) is 64.7 Å². The van der Waals surface area contributed by atoms with Gasteiger partial charge in [0.05, 0.1) is 11.4 Å². The van der Waals surface area contributed by atoms with Crippen molar-refractivity contribution >= 4 is 17.5 Å². The van der Waals surface area contributed by atoms with E-state index >= 15 is 0 Å². The van der Waals surface area contributed by atoms with Crippen molar-refractivity contribution < 1.29 is 0 Å². The molecule has 1 heterocycles. The van der Waals surface area contributed by atoms with E-state index in [4.69, 9.17) is 5.32 Å². The highest BCUT2D eigenvalue weighted by Gasteiger charge is 2.16. The third-order valence-corrected chi connectivity index (χ3v) is 4.11. The highest BCUT2D eigenvalue weighted by atomic mass is 14.9. The first kappa shape index (κ1) is 10.9. The Labute approximate surface area is 114 Å². The molecule has 0 fully saturated rings. The second kappa shape index (κ2) is 4.27. The van der Waals surface area contributed by atoms with E-state index in [0.29, 0.717) is 0 Å². The Bertz CT molecular complexity index is 667. The maximum atomic E-state index is 4.73. The first-order valence-electron chi connectivity index (χ1n) is 7.05. The number of benzene rings is 2. The molecule has 0 aromatic heterocycles. The van der Waals surface area contributed by atoms with Crippen molar-refractivity contribution in [3.63, 3.8) is 0 Å². The predicted octanol–water partition coefficient (Wildman–Crippen LogP) is 4.31. The molecule has 1 heteroatoms. The van der Waals surface area contributed by atoms with Crippen LogP contribution in [-0.2, 0) is 12.8 Å². The molecule has 0 unspecified atom stereocenters. The highest BCUT2D eigenvalue weighted by Crippen LogP contribution is 2.33.